The highest BCUT2D eigenvalue weighted by Crippen LogP contribution is 2.36. The lowest BCUT2D eigenvalue weighted by molar-refractivity contribution is 0.796. The van der Waals surface area contributed by atoms with Gasteiger partial charge in [0.05, 0.1) is 22.1 Å². The van der Waals surface area contributed by atoms with Gasteiger partial charge in [0.15, 0.2) is 0 Å². The Hall–Kier alpha value is -4.30. The van der Waals surface area contributed by atoms with Gasteiger partial charge in [0.2, 0.25) is 0 Å². The number of aromatic nitrogens is 2. The normalized spacial score (nSPS) is 11.9. The van der Waals surface area contributed by atoms with Crippen LogP contribution >= 0.6 is 0 Å². The van der Waals surface area contributed by atoms with E-state index in [-0.39, 0.29) is 0 Å². The van der Waals surface area contributed by atoms with Crippen molar-refractivity contribution in [1.82, 2.24) is 9.13 Å². The first kappa shape index (κ1) is 26.6. The summed E-state index contributed by atoms with van der Waals surface area (Å²) >= 11 is 0. The second-order valence-corrected chi connectivity index (χ2v) is 12.1. The van der Waals surface area contributed by atoms with Gasteiger partial charge in [-0.2, -0.15) is 0 Å². The van der Waals surface area contributed by atoms with Crippen molar-refractivity contribution in [3.05, 3.63) is 119 Å². The van der Waals surface area contributed by atoms with Crippen molar-refractivity contribution in [3.63, 3.8) is 0 Å². The fourth-order valence-corrected chi connectivity index (χ4v) is 6.75. The molecule has 0 N–H and O–H groups in total. The Morgan fingerprint density at radius 3 is 1.17 bits per heavy atom. The van der Waals surface area contributed by atoms with Gasteiger partial charge < -0.3 is 9.13 Å². The van der Waals surface area contributed by atoms with Crippen LogP contribution in [0.1, 0.15) is 61.8 Å². The third-order valence-corrected chi connectivity index (χ3v) is 8.97. The number of unbranched alkanes of at least 4 members (excludes halogenated alkanes) is 2. The minimum atomic E-state index is 1.14. The second-order valence-electron chi connectivity index (χ2n) is 12.1. The van der Waals surface area contributed by atoms with E-state index in [0.29, 0.717) is 0 Å². The molecular weight excluding hydrogens is 508 g/mol. The zero-order valence-electron chi connectivity index (χ0n) is 25.4. The van der Waals surface area contributed by atoms with E-state index in [1.54, 1.807) is 0 Å². The van der Waals surface area contributed by atoms with Crippen molar-refractivity contribution >= 4 is 43.6 Å². The molecule has 210 valence electrons. The van der Waals surface area contributed by atoms with E-state index in [0.717, 1.165) is 12.8 Å². The average Bonchev–Trinajstić information content (AvgIpc) is 3.50. The van der Waals surface area contributed by atoms with Crippen molar-refractivity contribution < 1.29 is 0 Å². The van der Waals surface area contributed by atoms with E-state index in [1.165, 1.54) is 103 Å². The van der Waals surface area contributed by atoms with Gasteiger partial charge in [-0.3, -0.25) is 0 Å². The van der Waals surface area contributed by atoms with Crippen molar-refractivity contribution in [1.29, 1.82) is 0 Å². The molecule has 0 atom stereocenters. The molecule has 0 radical (unpaired) electrons. The summed E-state index contributed by atoms with van der Waals surface area (Å²) in [6.45, 7) is 8.92. The summed E-state index contributed by atoms with van der Waals surface area (Å²) in [6, 6.07) is 37.1. The molecule has 0 saturated carbocycles. The first-order chi connectivity index (χ1) is 20.6. The van der Waals surface area contributed by atoms with Crippen LogP contribution in [-0.4, -0.2) is 9.13 Å². The largest absolute Gasteiger partial charge is 0.309 e. The van der Waals surface area contributed by atoms with Gasteiger partial charge >= 0.3 is 0 Å². The topological polar surface area (TPSA) is 9.86 Å². The fraction of sp³-hybridized carbons (Fsp3) is 0.250. The van der Waals surface area contributed by atoms with E-state index in [4.69, 9.17) is 0 Å². The summed E-state index contributed by atoms with van der Waals surface area (Å²) in [5.74, 6) is 0. The Labute approximate surface area is 249 Å². The van der Waals surface area contributed by atoms with E-state index in [2.05, 4.69) is 134 Å². The van der Waals surface area contributed by atoms with Gasteiger partial charge in [0.1, 0.15) is 0 Å². The van der Waals surface area contributed by atoms with E-state index < -0.39 is 0 Å². The number of benzene rings is 5. The third-order valence-electron chi connectivity index (χ3n) is 8.97. The Kier molecular flexibility index (Phi) is 6.86. The Morgan fingerprint density at radius 1 is 0.429 bits per heavy atom. The molecule has 2 nitrogen and oxygen atoms in total. The van der Waals surface area contributed by atoms with Crippen LogP contribution in [0.4, 0.5) is 0 Å². The van der Waals surface area contributed by atoms with Gasteiger partial charge in [-0.25, -0.2) is 0 Å². The predicted molar refractivity (Wildman–Crippen MR) is 182 cm³/mol. The highest BCUT2D eigenvalue weighted by atomic mass is 15.0. The van der Waals surface area contributed by atoms with Gasteiger partial charge in [-0.15, -0.1) is 0 Å². The van der Waals surface area contributed by atoms with Crippen LogP contribution in [-0.2, 0) is 12.8 Å². The number of hydrogen-bond acceptors (Lipinski definition) is 0. The van der Waals surface area contributed by atoms with Crippen LogP contribution < -0.4 is 0 Å². The van der Waals surface area contributed by atoms with Gasteiger partial charge in [0.25, 0.3) is 0 Å². The number of hydrogen-bond donors (Lipinski definition) is 0. The van der Waals surface area contributed by atoms with Crippen molar-refractivity contribution in [3.8, 4) is 11.4 Å². The zero-order chi connectivity index (χ0) is 28.8. The third kappa shape index (κ3) is 4.50. The minimum absolute atomic E-state index is 1.14. The van der Waals surface area contributed by atoms with Crippen LogP contribution in [0, 0.1) is 13.8 Å². The standard InChI is InChI=1S/C40H40N2/c1-5-7-9-29-13-21-39-35(25-29)33-23-27(3)11-19-37(33)41(39)31-15-17-32(18-16-31)42-38-20-12-28(4)24-34(38)36-26-30(10-8-6-2)14-22-40(36)42/h11-26H,5-10H2,1-4H3. The first-order valence-corrected chi connectivity index (χ1v) is 15.7. The highest BCUT2D eigenvalue weighted by Gasteiger charge is 2.16. The molecule has 42 heavy (non-hydrogen) atoms. The summed E-state index contributed by atoms with van der Waals surface area (Å²) < 4.78 is 4.87. The second kappa shape index (κ2) is 10.8. The van der Waals surface area contributed by atoms with Crippen molar-refractivity contribution in [2.75, 3.05) is 0 Å². The maximum atomic E-state index is 2.44. The molecule has 0 saturated heterocycles. The van der Waals surface area contributed by atoms with Crippen LogP contribution in [0.5, 0.6) is 0 Å². The van der Waals surface area contributed by atoms with Crippen LogP contribution in [0.3, 0.4) is 0 Å². The summed E-state index contributed by atoms with van der Waals surface area (Å²) in [4.78, 5) is 0. The maximum absolute atomic E-state index is 2.44. The molecule has 0 aliphatic carbocycles. The number of rotatable bonds is 8. The quantitative estimate of drug-likeness (QED) is 0.179. The van der Waals surface area contributed by atoms with Gasteiger partial charge in [-0.05, 0) is 123 Å². The van der Waals surface area contributed by atoms with E-state index in [9.17, 15) is 0 Å². The molecule has 0 fully saturated rings. The molecule has 0 aliphatic rings. The molecule has 0 aliphatic heterocycles. The van der Waals surface area contributed by atoms with E-state index >= 15 is 0 Å². The molecular formula is C40H40N2. The average molecular weight is 549 g/mol. The van der Waals surface area contributed by atoms with Crippen LogP contribution in [0.25, 0.3) is 55.0 Å². The first-order valence-electron chi connectivity index (χ1n) is 15.7. The molecule has 0 amide bonds. The molecule has 7 rings (SSSR count). The number of nitrogens with zero attached hydrogens (tertiary/aromatic N) is 2. The van der Waals surface area contributed by atoms with Crippen molar-refractivity contribution in [2.24, 2.45) is 0 Å². The van der Waals surface area contributed by atoms with Gasteiger partial charge in [0, 0.05) is 32.9 Å². The minimum Gasteiger partial charge on any atom is -0.309 e. The molecule has 7 aromatic rings. The summed E-state index contributed by atoms with van der Waals surface area (Å²) in [7, 11) is 0. The fourth-order valence-electron chi connectivity index (χ4n) is 6.75. The van der Waals surface area contributed by atoms with Crippen molar-refractivity contribution in [2.45, 2.75) is 66.2 Å². The summed E-state index contributed by atoms with van der Waals surface area (Å²) in [5, 5.41) is 5.37. The van der Waals surface area contributed by atoms with Crippen LogP contribution in [0.2, 0.25) is 0 Å². The molecule has 2 heterocycles. The number of aryl methyl sites for hydroxylation is 4. The van der Waals surface area contributed by atoms with E-state index in [1.807, 2.05) is 0 Å². The molecule has 0 unspecified atom stereocenters. The summed E-state index contributed by atoms with van der Waals surface area (Å²) in [6.07, 6.45) is 7.17. The lowest BCUT2D eigenvalue weighted by Crippen LogP contribution is -1.97. The lowest BCUT2D eigenvalue weighted by atomic mass is 10.0. The molecule has 2 aromatic heterocycles. The SMILES string of the molecule is CCCCc1ccc2c(c1)c1cc(C)ccc1n2-c1ccc(-n2c3ccc(C)cc3c3cc(CCCC)ccc32)cc1. The number of fused-ring (bicyclic) bond motifs is 6. The maximum Gasteiger partial charge on any atom is 0.0541 e. The lowest BCUT2D eigenvalue weighted by Gasteiger charge is -2.12. The molecule has 5 aromatic carbocycles. The summed E-state index contributed by atoms with van der Waals surface area (Å²) in [5.41, 5.74) is 12.9. The molecule has 0 spiro atoms. The molecule has 2 heteroatoms. The smallest absolute Gasteiger partial charge is 0.0541 e. The highest BCUT2D eigenvalue weighted by molar-refractivity contribution is 6.11. The Balaban J connectivity index is 1.37. The zero-order valence-corrected chi connectivity index (χ0v) is 25.4. The molecule has 0 bridgehead atoms. The Morgan fingerprint density at radius 2 is 0.786 bits per heavy atom. The Bertz CT molecular complexity index is 1920. The van der Waals surface area contributed by atoms with Crippen LogP contribution in [0.15, 0.2) is 97.1 Å². The predicted octanol–water partition coefficient (Wildman–Crippen LogP) is 11.2. The monoisotopic (exact) mass is 548 g/mol. The van der Waals surface area contributed by atoms with Gasteiger partial charge in [-0.1, -0.05) is 62.1 Å².